The fourth-order valence-electron chi connectivity index (χ4n) is 5.71. The van der Waals surface area contributed by atoms with Gasteiger partial charge in [-0.05, 0) is 113 Å². The topological polar surface area (TPSA) is 96.2 Å². The summed E-state index contributed by atoms with van der Waals surface area (Å²) in [7, 11) is 4.98. The molecule has 53 heavy (non-hydrogen) atoms. The molecule has 0 aliphatic carbocycles. The summed E-state index contributed by atoms with van der Waals surface area (Å²) in [5, 5.41) is 12.6. The molecule has 266 valence electrons. The molecule has 2 aliphatic rings. The lowest BCUT2D eigenvalue weighted by Gasteiger charge is -2.22. The second-order valence-electron chi connectivity index (χ2n) is 11.9. The van der Waals surface area contributed by atoms with E-state index < -0.39 is 6.23 Å². The molecule has 7 rings (SSSR count). The first-order chi connectivity index (χ1) is 25.9. The van der Waals surface area contributed by atoms with Crippen molar-refractivity contribution < 1.29 is 24.1 Å². The number of methoxy groups -OCH3 is 2. The van der Waals surface area contributed by atoms with E-state index in [1.807, 2.05) is 144 Å². The Morgan fingerprint density at radius 3 is 1.98 bits per heavy atom. The molecule has 0 radical (unpaired) electrons. The van der Waals surface area contributed by atoms with Gasteiger partial charge in [0.05, 0.1) is 30.5 Å². The normalized spacial score (nSPS) is 18.8. The van der Waals surface area contributed by atoms with Crippen LogP contribution < -0.4 is 24.0 Å². The second-order valence-corrected chi connectivity index (χ2v) is 13.9. The van der Waals surface area contributed by atoms with Crippen molar-refractivity contribution in [2.24, 2.45) is 9.98 Å². The zero-order valence-corrected chi connectivity index (χ0v) is 30.9. The molecule has 1 amide bonds. The van der Waals surface area contributed by atoms with Crippen molar-refractivity contribution in [1.29, 1.82) is 0 Å². The van der Waals surface area contributed by atoms with Gasteiger partial charge >= 0.3 is 0 Å². The fourth-order valence-corrected chi connectivity index (χ4v) is 7.72. The highest BCUT2D eigenvalue weighted by atomic mass is 32.2. The van der Waals surface area contributed by atoms with Crippen LogP contribution in [0.15, 0.2) is 147 Å². The molecule has 1 N–H and O–H groups in total. The van der Waals surface area contributed by atoms with Crippen LogP contribution in [0.2, 0.25) is 0 Å². The van der Waals surface area contributed by atoms with Gasteiger partial charge in [0.2, 0.25) is 0 Å². The molecule has 0 saturated carbocycles. The number of ether oxygens (including phenoxy) is 3. The molecule has 2 aliphatic heterocycles. The fraction of sp³-hybridized carbons (Fsp3) is 0.119. The van der Waals surface area contributed by atoms with Gasteiger partial charge in [0.15, 0.2) is 16.6 Å². The van der Waals surface area contributed by atoms with Crippen LogP contribution in [0.25, 0.3) is 12.2 Å². The van der Waals surface area contributed by atoms with Gasteiger partial charge in [-0.3, -0.25) is 19.6 Å². The summed E-state index contributed by atoms with van der Waals surface area (Å²) in [5.41, 5.74) is 5.02. The number of thioether (sulfide) groups is 2. The highest BCUT2D eigenvalue weighted by Crippen LogP contribution is 2.40. The maximum atomic E-state index is 13.7. The molecule has 1 atom stereocenters. The van der Waals surface area contributed by atoms with Crippen LogP contribution in [-0.4, -0.2) is 48.8 Å². The van der Waals surface area contributed by atoms with E-state index in [4.69, 9.17) is 19.2 Å². The molecular weight excluding hydrogens is 705 g/mol. The Morgan fingerprint density at radius 2 is 1.34 bits per heavy atom. The van der Waals surface area contributed by atoms with Gasteiger partial charge < -0.3 is 19.3 Å². The van der Waals surface area contributed by atoms with Gasteiger partial charge in [0.1, 0.15) is 23.9 Å². The minimum atomic E-state index is -0.883. The highest BCUT2D eigenvalue weighted by molar-refractivity contribution is 8.19. The summed E-state index contributed by atoms with van der Waals surface area (Å²) in [6.45, 7) is 0.317. The van der Waals surface area contributed by atoms with Gasteiger partial charge in [0, 0.05) is 17.6 Å². The number of aliphatic hydroxyl groups excluding tert-OH is 1. The van der Waals surface area contributed by atoms with Crippen molar-refractivity contribution in [2.45, 2.75) is 12.8 Å². The van der Waals surface area contributed by atoms with Crippen LogP contribution >= 0.6 is 23.5 Å². The molecule has 0 spiro atoms. The monoisotopic (exact) mass is 740 g/mol. The number of aliphatic hydroxyl groups is 1. The average molecular weight is 741 g/mol. The third-order valence-electron chi connectivity index (χ3n) is 8.42. The first-order valence-electron chi connectivity index (χ1n) is 16.7. The minimum Gasteiger partial charge on any atom is -0.497 e. The van der Waals surface area contributed by atoms with Crippen LogP contribution in [0.3, 0.4) is 0 Å². The summed E-state index contributed by atoms with van der Waals surface area (Å²) >= 11 is 2.77. The van der Waals surface area contributed by atoms with E-state index in [9.17, 15) is 9.90 Å². The molecule has 5 aromatic carbocycles. The third kappa shape index (κ3) is 8.18. The Kier molecular flexibility index (Phi) is 11.0. The van der Waals surface area contributed by atoms with Crippen LogP contribution in [-0.2, 0) is 11.4 Å². The number of anilines is 2. The lowest BCUT2D eigenvalue weighted by molar-refractivity contribution is -0.113. The number of amidine groups is 2. The van der Waals surface area contributed by atoms with Crippen molar-refractivity contribution in [3.8, 4) is 17.2 Å². The molecule has 11 heteroatoms. The quantitative estimate of drug-likeness (QED) is 0.142. The first kappa shape index (κ1) is 35.6. The smallest absolute Gasteiger partial charge is 0.271 e. The van der Waals surface area contributed by atoms with Crippen molar-refractivity contribution in [3.05, 3.63) is 154 Å². The summed E-state index contributed by atoms with van der Waals surface area (Å²) in [5.74, 6) is 2.06. The van der Waals surface area contributed by atoms with E-state index in [0.717, 1.165) is 44.5 Å². The number of nitrogens with zero attached hydrogens (tertiary/aromatic N) is 4. The van der Waals surface area contributed by atoms with Crippen LogP contribution in [0.4, 0.5) is 17.1 Å². The lowest BCUT2D eigenvalue weighted by Crippen LogP contribution is -2.33. The minimum absolute atomic E-state index is 0.139. The van der Waals surface area contributed by atoms with Gasteiger partial charge in [-0.1, -0.05) is 66.4 Å². The Hall–Kier alpha value is -5.75. The molecule has 5 aromatic rings. The van der Waals surface area contributed by atoms with Crippen molar-refractivity contribution in [1.82, 2.24) is 0 Å². The zero-order chi connectivity index (χ0) is 36.7. The van der Waals surface area contributed by atoms with E-state index in [1.165, 1.54) is 23.5 Å². The average Bonchev–Trinajstić information content (AvgIpc) is 3.68. The molecule has 1 unspecified atom stereocenters. The Bertz CT molecular complexity index is 2200. The van der Waals surface area contributed by atoms with E-state index in [-0.39, 0.29) is 5.91 Å². The molecule has 2 heterocycles. The predicted octanol–water partition coefficient (Wildman–Crippen LogP) is 8.99. The predicted molar refractivity (Wildman–Crippen MR) is 217 cm³/mol. The zero-order valence-electron chi connectivity index (χ0n) is 29.2. The number of rotatable bonds is 10. The Labute approximate surface area is 317 Å². The number of carbonyl (C=O) groups excluding carboxylic acids is 1. The number of hydrogen-bond donors (Lipinski definition) is 1. The van der Waals surface area contributed by atoms with E-state index >= 15 is 0 Å². The van der Waals surface area contributed by atoms with Crippen molar-refractivity contribution >= 4 is 69.0 Å². The van der Waals surface area contributed by atoms with Gasteiger partial charge in [-0.2, -0.15) is 0 Å². The summed E-state index contributed by atoms with van der Waals surface area (Å²) in [6, 6.07) is 40.1. The van der Waals surface area contributed by atoms with Gasteiger partial charge in [-0.15, -0.1) is 0 Å². The van der Waals surface area contributed by atoms with Crippen molar-refractivity contribution in [3.63, 3.8) is 0 Å². The number of amides is 1. The summed E-state index contributed by atoms with van der Waals surface area (Å²) in [6.07, 6.45) is 2.95. The van der Waals surface area contributed by atoms with Gasteiger partial charge in [0.25, 0.3) is 5.91 Å². The maximum Gasteiger partial charge on any atom is 0.271 e. The first-order valence-corrected chi connectivity index (χ1v) is 18.4. The van der Waals surface area contributed by atoms with Crippen molar-refractivity contribution in [2.75, 3.05) is 31.1 Å². The SMILES string of the molecule is CN=C1S/C(=C\c2ccc(OC)cc2)C(O)N1c1cccc(COc2ccc(N=C3S/C(=C\c4ccc(OC)cc4)C(=O)N3c3ccccc3)cc2)c1. The summed E-state index contributed by atoms with van der Waals surface area (Å²) < 4.78 is 16.7. The van der Waals surface area contributed by atoms with Crippen LogP contribution in [0, 0.1) is 0 Å². The Balaban J connectivity index is 1.05. The summed E-state index contributed by atoms with van der Waals surface area (Å²) in [4.78, 5) is 27.8. The highest BCUT2D eigenvalue weighted by Gasteiger charge is 2.35. The van der Waals surface area contributed by atoms with Gasteiger partial charge in [-0.25, -0.2) is 4.99 Å². The second kappa shape index (κ2) is 16.3. The molecule has 2 fully saturated rings. The number of para-hydroxylation sites is 1. The molecular formula is C42H36N4O5S2. The number of aliphatic imine (C=N–C) groups is 2. The standard InChI is InChI=1S/C42H36N4O5S2/c1-43-41-46(40(48)37(52-41)25-28-12-18-34(49-2)19-13-28)33-11-7-8-30(24-33)27-51-36-22-16-31(17-23-36)44-42-45(32-9-5-4-6-10-32)39(47)38(53-42)26-29-14-20-35(50-3)21-15-29/h4-26,40,48H,27H2,1-3H3/b37-25-,38-26-,43-41?,44-42?. The largest absolute Gasteiger partial charge is 0.497 e. The number of hydrogen-bond acceptors (Lipinski definition) is 9. The van der Waals surface area contributed by atoms with Crippen LogP contribution in [0.1, 0.15) is 16.7 Å². The molecule has 9 nitrogen and oxygen atoms in total. The Morgan fingerprint density at radius 1 is 0.717 bits per heavy atom. The number of benzene rings is 5. The van der Waals surface area contributed by atoms with E-state index in [1.54, 1.807) is 26.2 Å². The molecule has 2 saturated heterocycles. The molecule has 0 bridgehead atoms. The maximum absolute atomic E-state index is 13.7. The number of carbonyl (C=O) groups is 1. The van der Waals surface area contributed by atoms with E-state index in [0.29, 0.717) is 33.3 Å². The lowest BCUT2D eigenvalue weighted by atomic mass is 10.1. The van der Waals surface area contributed by atoms with Crippen LogP contribution in [0.5, 0.6) is 17.2 Å². The third-order valence-corrected chi connectivity index (χ3v) is 10.5. The molecule has 0 aromatic heterocycles. The van der Waals surface area contributed by atoms with E-state index in [2.05, 4.69) is 4.99 Å².